The van der Waals surface area contributed by atoms with Gasteiger partial charge >= 0.3 is 0 Å². The van der Waals surface area contributed by atoms with Crippen LogP contribution in [0.1, 0.15) is 5.56 Å². The molecule has 16 heavy (non-hydrogen) atoms. The Labute approximate surface area is 107 Å². The molecule has 2 rings (SSSR count). The summed E-state index contributed by atoms with van der Waals surface area (Å²) in [5.74, 6) is 1.18. The maximum atomic E-state index is 8.89. The second-order valence-corrected chi connectivity index (χ2v) is 4.29. The van der Waals surface area contributed by atoms with E-state index in [-0.39, 0.29) is 0 Å². The molecule has 1 aromatic heterocycles. The summed E-state index contributed by atoms with van der Waals surface area (Å²) < 4.78 is 6.67. The molecule has 0 bridgehead atoms. The highest BCUT2D eigenvalue weighted by Gasteiger charge is 2.04. The van der Waals surface area contributed by atoms with Gasteiger partial charge in [0, 0.05) is 9.77 Å². The number of benzene rings is 1. The molecule has 0 unspecified atom stereocenters. The standard InChI is InChI=1S/C12H7IN2O/c13-10-2-1-3-11(6-10)16-12-8-15-5-4-9(12)7-14/h1-6,8H. The molecule has 0 saturated heterocycles. The number of nitriles is 1. The molecule has 1 aromatic carbocycles. The number of nitrogens with zero attached hydrogens (tertiary/aromatic N) is 2. The fourth-order valence-corrected chi connectivity index (χ4v) is 1.73. The molecule has 4 heteroatoms. The predicted octanol–water partition coefficient (Wildman–Crippen LogP) is 3.35. The van der Waals surface area contributed by atoms with E-state index in [1.54, 1.807) is 18.5 Å². The van der Waals surface area contributed by atoms with Crippen LogP contribution in [0, 0.1) is 14.9 Å². The van der Waals surface area contributed by atoms with Crippen molar-refractivity contribution < 1.29 is 4.74 Å². The third-order valence-corrected chi connectivity index (χ3v) is 2.60. The van der Waals surface area contributed by atoms with Gasteiger partial charge in [-0.05, 0) is 46.9 Å². The van der Waals surface area contributed by atoms with E-state index in [0.29, 0.717) is 17.1 Å². The molecular weight excluding hydrogens is 315 g/mol. The molecule has 0 saturated carbocycles. The molecule has 0 atom stereocenters. The molecule has 78 valence electrons. The smallest absolute Gasteiger partial charge is 0.163 e. The van der Waals surface area contributed by atoms with Crippen LogP contribution in [0.2, 0.25) is 0 Å². The van der Waals surface area contributed by atoms with Crippen molar-refractivity contribution in [1.29, 1.82) is 5.26 Å². The highest BCUT2D eigenvalue weighted by Crippen LogP contribution is 2.24. The van der Waals surface area contributed by atoms with Crippen LogP contribution in [0.4, 0.5) is 0 Å². The van der Waals surface area contributed by atoms with Gasteiger partial charge in [-0.15, -0.1) is 0 Å². The monoisotopic (exact) mass is 322 g/mol. The van der Waals surface area contributed by atoms with E-state index in [1.807, 2.05) is 24.3 Å². The number of ether oxygens (including phenoxy) is 1. The molecule has 0 aliphatic carbocycles. The van der Waals surface area contributed by atoms with Gasteiger partial charge in [-0.1, -0.05) is 6.07 Å². The van der Waals surface area contributed by atoms with Crippen LogP contribution in [0.25, 0.3) is 0 Å². The zero-order valence-corrected chi connectivity index (χ0v) is 10.4. The van der Waals surface area contributed by atoms with Crippen LogP contribution >= 0.6 is 22.6 Å². The van der Waals surface area contributed by atoms with Crippen LogP contribution in [0.15, 0.2) is 42.7 Å². The summed E-state index contributed by atoms with van der Waals surface area (Å²) in [5.41, 5.74) is 0.480. The van der Waals surface area contributed by atoms with E-state index < -0.39 is 0 Å². The normalized spacial score (nSPS) is 9.50. The topological polar surface area (TPSA) is 45.9 Å². The molecule has 0 fully saturated rings. The lowest BCUT2D eigenvalue weighted by Gasteiger charge is -2.06. The lowest BCUT2D eigenvalue weighted by molar-refractivity contribution is 0.478. The van der Waals surface area contributed by atoms with Crippen molar-refractivity contribution in [3.8, 4) is 17.6 Å². The van der Waals surface area contributed by atoms with Gasteiger partial charge in [0.05, 0.1) is 11.8 Å². The first kappa shape index (κ1) is 10.9. The number of rotatable bonds is 2. The minimum Gasteiger partial charge on any atom is -0.454 e. The number of hydrogen-bond donors (Lipinski definition) is 0. The van der Waals surface area contributed by atoms with E-state index in [9.17, 15) is 0 Å². The Kier molecular flexibility index (Phi) is 3.37. The van der Waals surface area contributed by atoms with Gasteiger partial charge < -0.3 is 4.74 Å². The molecule has 0 N–H and O–H groups in total. The van der Waals surface area contributed by atoms with Crippen molar-refractivity contribution in [3.05, 3.63) is 51.9 Å². The first-order chi connectivity index (χ1) is 7.79. The van der Waals surface area contributed by atoms with E-state index in [4.69, 9.17) is 10.00 Å². The molecular formula is C12H7IN2O. The summed E-state index contributed by atoms with van der Waals surface area (Å²) >= 11 is 2.21. The van der Waals surface area contributed by atoms with Gasteiger partial charge in [0.25, 0.3) is 0 Å². The van der Waals surface area contributed by atoms with E-state index in [0.717, 1.165) is 3.57 Å². The molecule has 0 spiro atoms. The maximum absolute atomic E-state index is 8.89. The number of hydrogen-bond acceptors (Lipinski definition) is 3. The van der Waals surface area contributed by atoms with Gasteiger partial charge in [0.2, 0.25) is 0 Å². The Morgan fingerprint density at radius 2 is 2.19 bits per heavy atom. The maximum Gasteiger partial charge on any atom is 0.163 e. The second-order valence-electron chi connectivity index (χ2n) is 3.04. The Bertz CT molecular complexity index is 549. The van der Waals surface area contributed by atoms with E-state index >= 15 is 0 Å². The van der Waals surface area contributed by atoms with Gasteiger partial charge in [-0.3, -0.25) is 4.98 Å². The fourth-order valence-electron chi connectivity index (χ4n) is 1.21. The van der Waals surface area contributed by atoms with Crippen LogP contribution in [0.5, 0.6) is 11.5 Å². The zero-order chi connectivity index (χ0) is 11.4. The average molecular weight is 322 g/mol. The average Bonchev–Trinajstić information content (AvgIpc) is 2.30. The quantitative estimate of drug-likeness (QED) is 0.797. The minimum absolute atomic E-state index is 0.479. The molecule has 0 amide bonds. The summed E-state index contributed by atoms with van der Waals surface area (Å²) in [6, 6.07) is 11.3. The van der Waals surface area contributed by atoms with Crippen molar-refractivity contribution in [2.45, 2.75) is 0 Å². The minimum atomic E-state index is 0.479. The van der Waals surface area contributed by atoms with E-state index in [1.165, 1.54) is 0 Å². The Hall–Kier alpha value is -1.61. The summed E-state index contributed by atoms with van der Waals surface area (Å²) in [7, 11) is 0. The number of halogens is 1. The van der Waals surface area contributed by atoms with Gasteiger partial charge in [0.1, 0.15) is 11.8 Å². The Balaban J connectivity index is 2.31. The molecule has 2 aromatic rings. The summed E-state index contributed by atoms with van der Waals surface area (Å²) in [6.07, 6.45) is 3.11. The Morgan fingerprint density at radius 3 is 2.94 bits per heavy atom. The van der Waals surface area contributed by atoms with Crippen LogP contribution in [0.3, 0.4) is 0 Å². The molecule has 3 nitrogen and oxygen atoms in total. The highest BCUT2D eigenvalue weighted by atomic mass is 127. The third kappa shape index (κ3) is 2.49. The highest BCUT2D eigenvalue weighted by molar-refractivity contribution is 14.1. The fraction of sp³-hybridized carbons (Fsp3) is 0. The summed E-state index contributed by atoms with van der Waals surface area (Å²) in [6.45, 7) is 0. The van der Waals surface area contributed by atoms with Crippen molar-refractivity contribution in [3.63, 3.8) is 0 Å². The van der Waals surface area contributed by atoms with E-state index in [2.05, 4.69) is 33.6 Å². The molecule has 1 heterocycles. The van der Waals surface area contributed by atoms with Crippen molar-refractivity contribution >= 4 is 22.6 Å². The second kappa shape index (κ2) is 4.94. The zero-order valence-electron chi connectivity index (χ0n) is 8.22. The summed E-state index contributed by atoms with van der Waals surface area (Å²) in [5, 5.41) is 8.89. The van der Waals surface area contributed by atoms with Crippen molar-refractivity contribution in [1.82, 2.24) is 4.98 Å². The van der Waals surface area contributed by atoms with Crippen LogP contribution in [-0.4, -0.2) is 4.98 Å². The number of aromatic nitrogens is 1. The SMILES string of the molecule is N#Cc1ccncc1Oc1cccc(I)c1. The Morgan fingerprint density at radius 1 is 1.31 bits per heavy atom. The largest absolute Gasteiger partial charge is 0.454 e. The number of pyridine rings is 1. The lowest BCUT2D eigenvalue weighted by atomic mass is 10.3. The van der Waals surface area contributed by atoms with Gasteiger partial charge in [0.15, 0.2) is 5.75 Å². The molecule has 0 aliphatic heterocycles. The summed E-state index contributed by atoms with van der Waals surface area (Å²) in [4.78, 5) is 3.93. The van der Waals surface area contributed by atoms with Crippen LogP contribution in [-0.2, 0) is 0 Å². The predicted molar refractivity (Wildman–Crippen MR) is 68.2 cm³/mol. The molecule has 0 radical (unpaired) electrons. The van der Waals surface area contributed by atoms with Gasteiger partial charge in [-0.25, -0.2) is 0 Å². The van der Waals surface area contributed by atoms with Crippen molar-refractivity contribution in [2.75, 3.05) is 0 Å². The van der Waals surface area contributed by atoms with Crippen LogP contribution < -0.4 is 4.74 Å². The first-order valence-electron chi connectivity index (χ1n) is 4.57. The lowest BCUT2D eigenvalue weighted by Crippen LogP contribution is -1.89. The third-order valence-electron chi connectivity index (χ3n) is 1.93. The van der Waals surface area contributed by atoms with Gasteiger partial charge in [-0.2, -0.15) is 5.26 Å². The molecule has 0 aliphatic rings. The van der Waals surface area contributed by atoms with Crippen molar-refractivity contribution in [2.24, 2.45) is 0 Å². The first-order valence-corrected chi connectivity index (χ1v) is 5.65.